The van der Waals surface area contributed by atoms with Gasteiger partial charge in [0.1, 0.15) is 5.82 Å². The number of anilines is 1. The summed E-state index contributed by atoms with van der Waals surface area (Å²) in [4.78, 5) is 0.878. The Morgan fingerprint density at radius 2 is 2.31 bits per heavy atom. The summed E-state index contributed by atoms with van der Waals surface area (Å²) in [6, 6.07) is 4.82. The molecule has 2 nitrogen and oxygen atoms in total. The summed E-state index contributed by atoms with van der Waals surface area (Å²) >= 11 is 1.55. The van der Waals surface area contributed by atoms with Crippen molar-refractivity contribution in [2.24, 2.45) is 0 Å². The molecule has 0 radical (unpaired) electrons. The topological polar surface area (TPSA) is 35.2 Å². The average Bonchev–Trinajstić information content (AvgIpc) is 2.12. The van der Waals surface area contributed by atoms with Gasteiger partial charge in [-0.15, -0.1) is 11.8 Å². The fraction of sp³-hybridized carbons (Fsp3) is 0.333. The Morgan fingerprint density at radius 3 is 2.92 bits per heavy atom. The minimum atomic E-state index is -0.359. The van der Waals surface area contributed by atoms with Crippen molar-refractivity contribution in [3.63, 3.8) is 0 Å². The average molecular weight is 201 g/mol. The highest BCUT2D eigenvalue weighted by Gasteiger charge is 1.99. The van der Waals surface area contributed by atoms with E-state index in [1.165, 1.54) is 6.07 Å². The van der Waals surface area contributed by atoms with Crippen LogP contribution >= 0.6 is 11.8 Å². The lowest BCUT2D eigenvalue weighted by molar-refractivity contribution is 0.218. The molecular formula is C9H12FNOS. The van der Waals surface area contributed by atoms with Crippen LogP contribution in [0.25, 0.3) is 0 Å². The molecule has 0 fully saturated rings. The molecule has 4 heteroatoms. The Bertz CT molecular complexity index is 280. The third-order valence-corrected chi connectivity index (χ3v) is 2.49. The second kappa shape index (κ2) is 5.09. The first-order chi connectivity index (χ1) is 6.24. The molecular weight excluding hydrogens is 189 g/mol. The van der Waals surface area contributed by atoms with Crippen molar-refractivity contribution in [3.05, 3.63) is 24.0 Å². The molecule has 0 aliphatic heterocycles. The monoisotopic (exact) mass is 201 g/mol. The second-order valence-corrected chi connectivity index (χ2v) is 3.69. The molecule has 0 atom stereocenters. The first kappa shape index (κ1) is 10.3. The van der Waals surface area contributed by atoms with Gasteiger partial charge in [0.15, 0.2) is 0 Å². The Morgan fingerprint density at radius 1 is 1.54 bits per heavy atom. The van der Waals surface area contributed by atoms with Crippen LogP contribution in [0.3, 0.4) is 0 Å². The number of nitrogens with two attached hydrogens (primary N) is 1. The van der Waals surface area contributed by atoms with Crippen molar-refractivity contribution in [1.29, 1.82) is 0 Å². The molecule has 0 saturated heterocycles. The molecule has 0 aliphatic carbocycles. The standard InChI is InChI=1S/C9H12FNOS/c1-12-4-5-13-7-2-3-9(11)8(10)6-7/h2-3,6H,4-5,11H2,1H3. The largest absolute Gasteiger partial charge is 0.396 e. The van der Waals surface area contributed by atoms with Crippen LogP contribution in [0.15, 0.2) is 23.1 Å². The zero-order valence-electron chi connectivity index (χ0n) is 7.42. The van der Waals surface area contributed by atoms with E-state index in [4.69, 9.17) is 10.5 Å². The van der Waals surface area contributed by atoms with E-state index in [2.05, 4.69) is 0 Å². The Balaban J connectivity index is 2.53. The van der Waals surface area contributed by atoms with Crippen molar-refractivity contribution in [3.8, 4) is 0 Å². The predicted molar refractivity (Wildman–Crippen MR) is 53.4 cm³/mol. The third kappa shape index (κ3) is 3.24. The van der Waals surface area contributed by atoms with Crippen LogP contribution < -0.4 is 5.73 Å². The predicted octanol–water partition coefficient (Wildman–Crippen LogP) is 2.15. The number of methoxy groups -OCH3 is 1. The van der Waals surface area contributed by atoms with E-state index in [1.54, 1.807) is 31.0 Å². The maximum atomic E-state index is 12.9. The number of rotatable bonds is 4. The molecule has 0 spiro atoms. The fourth-order valence-corrected chi connectivity index (χ4v) is 1.68. The van der Waals surface area contributed by atoms with E-state index in [0.29, 0.717) is 6.61 Å². The van der Waals surface area contributed by atoms with Gasteiger partial charge in [0, 0.05) is 17.8 Å². The first-order valence-electron chi connectivity index (χ1n) is 3.91. The maximum Gasteiger partial charge on any atom is 0.147 e. The molecule has 2 N–H and O–H groups in total. The molecule has 1 aromatic rings. The molecule has 0 saturated carbocycles. The van der Waals surface area contributed by atoms with E-state index in [9.17, 15) is 4.39 Å². The first-order valence-corrected chi connectivity index (χ1v) is 4.89. The highest BCUT2D eigenvalue weighted by molar-refractivity contribution is 7.99. The van der Waals surface area contributed by atoms with E-state index in [0.717, 1.165) is 10.6 Å². The molecule has 1 aromatic carbocycles. The van der Waals surface area contributed by atoms with E-state index in [-0.39, 0.29) is 11.5 Å². The van der Waals surface area contributed by atoms with Gasteiger partial charge in [-0.05, 0) is 18.2 Å². The molecule has 0 amide bonds. The number of hydrogen-bond acceptors (Lipinski definition) is 3. The van der Waals surface area contributed by atoms with Crippen molar-refractivity contribution in [2.75, 3.05) is 25.2 Å². The van der Waals surface area contributed by atoms with Crippen LogP contribution in [0.5, 0.6) is 0 Å². The zero-order chi connectivity index (χ0) is 9.68. The van der Waals surface area contributed by atoms with Gasteiger partial charge in [0.25, 0.3) is 0 Å². The molecule has 0 heterocycles. The van der Waals surface area contributed by atoms with Crippen LogP contribution in [-0.2, 0) is 4.74 Å². The second-order valence-electron chi connectivity index (χ2n) is 2.52. The number of halogens is 1. The summed E-state index contributed by atoms with van der Waals surface area (Å²) < 4.78 is 17.8. The molecule has 0 bridgehead atoms. The smallest absolute Gasteiger partial charge is 0.147 e. The highest BCUT2D eigenvalue weighted by Crippen LogP contribution is 2.21. The van der Waals surface area contributed by atoms with Crippen LogP contribution in [0.2, 0.25) is 0 Å². The third-order valence-electron chi connectivity index (χ3n) is 1.53. The summed E-state index contributed by atoms with van der Waals surface area (Å²) in [7, 11) is 1.64. The molecule has 72 valence electrons. The lowest BCUT2D eigenvalue weighted by atomic mass is 10.3. The molecule has 1 rings (SSSR count). The lowest BCUT2D eigenvalue weighted by Crippen LogP contribution is -1.93. The zero-order valence-corrected chi connectivity index (χ0v) is 8.23. The Kier molecular flexibility index (Phi) is 4.05. The fourth-order valence-electron chi connectivity index (χ4n) is 0.840. The van der Waals surface area contributed by atoms with Gasteiger partial charge < -0.3 is 10.5 Å². The maximum absolute atomic E-state index is 12.9. The van der Waals surface area contributed by atoms with Crippen molar-refractivity contribution >= 4 is 17.4 Å². The van der Waals surface area contributed by atoms with Gasteiger partial charge in [-0.1, -0.05) is 0 Å². The lowest BCUT2D eigenvalue weighted by Gasteiger charge is -2.02. The normalized spacial score (nSPS) is 10.3. The van der Waals surface area contributed by atoms with Crippen molar-refractivity contribution < 1.29 is 9.13 Å². The number of benzene rings is 1. The van der Waals surface area contributed by atoms with Gasteiger partial charge >= 0.3 is 0 Å². The minimum Gasteiger partial charge on any atom is -0.396 e. The van der Waals surface area contributed by atoms with Crippen LogP contribution in [0.4, 0.5) is 10.1 Å². The van der Waals surface area contributed by atoms with Gasteiger partial charge in [-0.2, -0.15) is 0 Å². The van der Waals surface area contributed by atoms with Crippen LogP contribution in [0.1, 0.15) is 0 Å². The SMILES string of the molecule is COCCSc1ccc(N)c(F)c1. The summed E-state index contributed by atoms with van der Waals surface area (Å²) in [5.74, 6) is 0.460. The van der Waals surface area contributed by atoms with Gasteiger partial charge in [0.2, 0.25) is 0 Å². The highest BCUT2D eigenvalue weighted by atomic mass is 32.2. The summed E-state index contributed by atoms with van der Waals surface area (Å²) in [5, 5.41) is 0. The molecule has 0 unspecified atom stereocenters. The minimum absolute atomic E-state index is 0.191. The van der Waals surface area contributed by atoms with E-state index >= 15 is 0 Å². The number of thioether (sulfide) groups is 1. The Labute approximate surface area is 81.3 Å². The number of nitrogen functional groups attached to an aromatic ring is 1. The number of hydrogen-bond donors (Lipinski definition) is 1. The summed E-state index contributed by atoms with van der Waals surface area (Å²) in [5.41, 5.74) is 5.53. The number of ether oxygens (including phenoxy) is 1. The summed E-state index contributed by atoms with van der Waals surface area (Å²) in [6.45, 7) is 0.663. The molecule has 0 aromatic heterocycles. The van der Waals surface area contributed by atoms with Crippen molar-refractivity contribution in [1.82, 2.24) is 0 Å². The van der Waals surface area contributed by atoms with Gasteiger partial charge in [-0.25, -0.2) is 4.39 Å². The van der Waals surface area contributed by atoms with Crippen LogP contribution in [-0.4, -0.2) is 19.5 Å². The van der Waals surface area contributed by atoms with Gasteiger partial charge in [-0.3, -0.25) is 0 Å². The molecule has 13 heavy (non-hydrogen) atoms. The van der Waals surface area contributed by atoms with E-state index < -0.39 is 0 Å². The quantitative estimate of drug-likeness (QED) is 0.460. The summed E-state index contributed by atoms with van der Waals surface area (Å²) in [6.07, 6.45) is 0. The Hall–Kier alpha value is -0.740. The van der Waals surface area contributed by atoms with Gasteiger partial charge in [0.05, 0.1) is 12.3 Å². The van der Waals surface area contributed by atoms with Crippen molar-refractivity contribution in [2.45, 2.75) is 4.90 Å². The van der Waals surface area contributed by atoms with Crippen LogP contribution in [0, 0.1) is 5.82 Å². The van der Waals surface area contributed by atoms with E-state index in [1.807, 2.05) is 0 Å². The molecule has 0 aliphatic rings.